The second kappa shape index (κ2) is 4.86. The number of hydrogen-bond acceptors (Lipinski definition) is 3. The fraction of sp³-hybridized carbons (Fsp3) is 0.308. The molecule has 1 aliphatic heterocycles. The van der Waals surface area contributed by atoms with Crippen LogP contribution in [-0.4, -0.2) is 10.7 Å². The molecule has 0 saturated carbocycles. The maximum Gasteiger partial charge on any atom is 0.166 e. The molecular formula is C13H15BrN2S. The first-order valence-electron chi connectivity index (χ1n) is 5.44. The topological polar surface area (TPSA) is 24.4 Å². The van der Waals surface area contributed by atoms with Gasteiger partial charge in [0.1, 0.15) is 0 Å². The van der Waals surface area contributed by atoms with Crippen molar-refractivity contribution in [3.8, 4) is 0 Å². The van der Waals surface area contributed by atoms with E-state index in [1.807, 2.05) is 24.3 Å². The Morgan fingerprint density at radius 2 is 1.88 bits per heavy atom. The van der Waals surface area contributed by atoms with E-state index in [0.717, 1.165) is 15.3 Å². The number of aliphatic imine (C=N–C) groups is 1. The van der Waals surface area contributed by atoms with Gasteiger partial charge in [0, 0.05) is 10.2 Å². The van der Waals surface area contributed by atoms with Crippen molar-refractivity contribution in [3.05, 3.63) is 39.7 Å². The van der Waals surface area contributed by atoms with E-state index in [4.69, 9.17) is 0 Å². The summed E-state index contributed by atoms with van der Waals surface area (Å²) in [4.78, 5) is 5.94. The fourth-order valence-corrected chi connectivity index (χ4v) is 3.07. The Morgan fingerprint density at radius 3 is 2.47 bits per heavy atom. The molecular weight excluding hydrogens is 296 g/mol. The van der Waals surface area contributed by atoms with Crippen LogP contribution in [0.2, 0.25) is 0 Å². The zero-order valence-electron chi connectivity index (χ0n) is 10.1. The predicted molar refractivity (Wildman–Crippen MR) is 80.6 cm³/mol. The van der Waals surface area contributed by atoms with Gasteiger partial charge in [-0.05, 0) is 56.0 Å². The molecule has 2 nitrogen and oxygen atoms in total. The van der Waals surface area contributed by atoms with Crippen LogP contribution in [0.1, 0.15) is 20.8 Å². The molecule has 1 aliphatic rings. The standard InChI is InChI=1S/C13H15BrN2S/c1-9-8-13(2,3)16-12(17-9)15-11-6-4-10(14)5-7-11/h4-8H,1-3H3,(H,15,16). The van der Waals surface area contributed by atoms with Gasteiger partial charge in [-0.25, -0.2) is 0 Å². The highest BCUT2D eigenvalue weighted by Crippen LogP contribution is 2.30. The number of rotatable bonds is 1. The molecule has 0 amide bonds. The maximum absolute atomic E-state index is 4.66. The van der Waals surface area contributed by atoms with E-state index >= 15 is 0 Å². The first-order chi connectivity index (χ1) is 7.94. The van der Waals surface area contributed by atoms with Crippen molar-refractivity contribution < 1.29 is 0 Å². The SMILES string of the molecule is CC1=CC(C)(C)N=C(Nc2ccc(Br)cc2)S1. The van der Waals surface area contributed by atoms with Gasteiger partial charge in [0.25, 0.3) is 0 Å². The minimum atomic E-state index is -0.118. The predicted octanol–water partition coefficient (Wildman–Crippen LogP) is 4.65. The van der Waals surface area contributed by atoms with Crippen LogP contribution in [0.3, 0.4) is 0 Å². The van der Waals surface area contributed by atoms with Crippen LogP contribution in [-0.2, 0) is 0 Å². The van der Waals surface area contributed by atoms with Gasteiger partial charge in [-0.1, -0.05) is 27.7 Å². The molecule has 0 saturated heterocycles. The smallest absolute Gasteiger partial charge is 0.166 e. The molecule has 0 aliphatic carbocycles. The number of halogens is 1. The third kappa shape index (κ3) is 3.61. The molecule has 0 aromatic heterocycles. The van der Waals surface area contributed by atoms with Gasteiger partial charge in [0.2, 0.25) is 0 Å². The van der Waals surface area contributed by atoms with E-state index < -0.39 is 0 Å². The molecule has 1 aromatic carbocycles. The molecule has 0 fully saturated rings. The molecule has 0 atom stereocenters. The normalized spacial score (nSPS) is 18.4. The molecule has 0 bridgehead atoms. The molecule has 1 N–H and O–H groups in total. The van der Waals surface area contributed by atoms with E-state index in [9.17, 15) is 0 Å². The summed E-state index contributed by atoms with van der Waals surface area (Å²) >= 11 is 5.10. The number of anilines is 1. The van der Waals surface area contributed by atoms with E-state index in [0.29, 0.717) is 0 Å². The average molecular weight is 311 g/mol. The third-order valence-electron chi connectivity index (χ3n) is 2.30. The van der Waals surface area contributed by atoms with Gasteiger partial charge < -0.3 is 5.32 Å². The lowest BCUT2D eigenvalue weighted by molar-refractivity contribution is 0.656. The van der Waals surface area contributed by atoms with Gasteiger partial charge >= 0.3 is 0 Å². The van der Waals surface area contributed by atoms with Crippen molar-refractivity contribution in [2.24, 2.45) is 4.99 Å². The van der Waals surface area contributed by atoms with E-state index in [1.165, 1.54) is 4.91 Å². The lowest BCUT2D eigenvalue weighted by Gasteiger charge is -2.24. The number of nitrogens with one attached hydrogen (secondary N) is 1. The number of hydrogen-bond donors (Lipinski definition) is 1. The third-order valence-corrected chi connectivity index (χ3v) is 3.65. The first kappa shape index (κ1) is 12.7. The Kier molecular flexibility index (Phi) is 3.64. The highest BCUT2D eigenvalue weighted by molar-refractivity contribution is 9.10. The van der Waals surface area contributed by atoms with E-state index in [2.05, 4.69) is 53.1 Å². The van der Waals surface area contributed by atoms with Crippen LogP contribution in [0.15, 0.2) is 44.7 Å². The van der Waals surface area contributed by atoms with Crippen LogP contribution in [0.25, 0.3) is 0 Å². The van der Waals surface area contributed by atoms with Crippen LogP contribution < -0.4 is 5.32 Å². The van der Waals surface area contributed by atoms with Gasteiger partial charge in [0.15, 0.2) is 5.17 Å². The van der Waals surface area contributed by atoms with Crippen molar-refractivity contribution in [1.82, 2.24) is 0 Å². The minimum Gasteiger partial charge on any atom is -0.335 e. The second-order valence-corrected chi connectivity index (χ2v) is 6.71. The summed E-state index contributed by atoms with van der Waals surface area (Å²) in [6.45, 7) is 6.34. The van der Waals surface area contributed by atoms with Crippen molar-refractivity contribution in [1.29, 1.82) is 0 Å². The highest BCUT2D eigenvalue weighted by Gasteiger charge is 2.20. The number of benzene rings is 1. The quantitative estimate of drug-likeness (QED) is 0.816. The summed E-state index contributed by atoms with van der Waals surface area (Å²) in [5, 5.41) is 4.30. The van der Waals surface area contributed by atoms with Crippen LogP contribution in [0.5, 0.6) is 0 Å². The number of thioether (sulfide) groups is 1. The second-order valence-electron chi connectivity index (χ2n) is 4.56. The average Bonchev–Trinajstić information content (AvgIpc) is 2.18. The molecule has 1 aromatic rings. The molecule has 0 unspecified atom stereocenters. The molecule has 1 heterocycles. The van der Waals surface area contributed by atoms with Crippen molar-refractivity contribution in [3.63, 3.8) is 0 Å². The van der Waals surface area contributed by atoms with Gasteiger partial charge in [-0.15, -0.1) is 0 Å². The van der Waals surface area contributed by atoms with E-state index in [-0.39, 0.29) is 5.54 Å². The van der Waals surface area contributed by atoms with Crippen molar-refractivity contribution >= 4 is 38.5 Å². The molecule has 90 valence electrons. The first-order valence-corrected chi connectivity index (χ1v) is 7.05. The Labute approximate surface area is 115 Å². The fourth-order valence-electron chi connectivity index (χ4n) is 1.71. The van der Waals surface area contributed by atoms with Gasteiger partial charge in [0.05, 0.1) is 5.54 Å². The largest absolute Gasteiger partial charge is 0.335 e. The summed E-state index contributed by atoms with van der Waals surface area (Å²) in [6.07, 6.45) is 2.18. The molecule has 0 spiro atoms. The molecule has 4 heteroatoms. The zero-order valence-corrected chi connectivity index (χ0v) is 12.5. The van der Waals surface area contributed by atoms with Crippen LogP contribution in [0, 0.1) is 0 Å². The van der Waals surface area contributed by atoms with E-state index in [1.54, 1.807) is 11.8 Å². The number of nitrogens with zero attached hydrogens (tertiary/aromatic N) is 1. The lowest BCUT2D eigenvalue weighted by Crippen LogP contribution is -2.22. The molecule has 17 heavy (non-hydrogen) atoms. The number of allylic oxidation sites excluding steroid dienone is 1. The Balaban J connectivity index is 2.15. The Morgan fingerprint density at radius 1 is 1.24 bits per heavy atom. The minimum absolute atomic E-state index is 0.118. The molecule has 2 rings (SSSR count). The summed E-state index contributed by atoms with van der Waals surface area (Å²) < 4.78 is 1.08. The summed E-state index contributed by atoms with van der Waals surface area (Å²) in [7, 11) is 0. The molecule has 0 radical (unpaired) electrons. The van der Waals surface area contributed by atoms with Crippen molar-refractivity contribution in [2.45, 2.75) is 26.3 Å². The Hall–Kier alpha value is -0.740. The van der Waals surface area contributed by atoms with Crippen molar-refractivity contribution in [2.75, 3.05) is 5.32 Å². The summed E-state index contributed by atoms with van der Waals surface area (Å²) in [6, 6.07) is 8.11. The highest BCUT2D eigenvalue weighted by atomic mass is 79.9. The summed E-state index contributed by atoms with van der Waals surface area (Å²) in [5.41, 5.74) is 0.942. The Bertz CT molecular complexity index is 475. The lowest BCUT2D eigenvalue weighted by atomic mass is 10.1. The van der Waals surface area contributed by atoms with Gasteiger partial charge in [-0.2, -0.15) is 0 Å². The number of amidine groups is 1. The maximum atomic E-state index is 4.66. The van der Waals surface area contributed by atoms with Crippen LogP contribution >= 0.6 is 27.7 Å². The summed E-state index contributed by atoms with van der Waals surface area (Å²) in [5.74, 6) is 0. The van der Waals surface area contributed by atoms with Crippen LogP contribution in [0.4, 0.5) is 5.69 Å². The zero-order chi connectivity index (χ0) is 12.5. The monoisotopic (exact) mass is 310 g/mol. The van der Waals surface area contributed by atoms with Gasteiger partial charge in [-0.3, -0.25) is 4.99 Å².